The van der Waals surface area contributed by atoms with Gasteiger partial charge < -0.3 is 81.7 Å². The van der Waals surface area contributed by atoms with Crippen molar-refractivity contribution in [2.24, 2.45) is 41.2 Å². The van der Waals surface area contributed by atoms with Crippen LogP contribution in [0.1, 0.15) is 132 Å². The molecule has 2 fully saturated rings. The number of anilines is 1. The predicted molar refractivity (Wildman–Crippen MR) is 373 cm³/mol. The van der Waals surface area contributed by atoms with Crippen LogP contribution in [-0.4, -0.2) is 232 Å². The van der Waals surface area contributed by atoms with Crippen LogP contribution in [0.2, 0.25) is 0 Å². The number of carboxylic acid groups (broad SMARTS) is 1. The summed E-state index contributed by atoms with van der Waals surface area (Å²) in [5, 5.41) is 29.0. The van der Waals surface area contributed by atoms with Crippen molar-refractivity contribution in [1.82, 2.24) is 51.5 Å². The van der Waals surface area contributed by atoms with E-state index in [0.29, 0.717) is 56.4 Å². The standard InChI is InChI=1S/C71H114N12O16/c1-16-45(8)62(81(13)69(92)60(43(4)5)79-68(91)61(44(6)7)80(11)12)55(96-14)38-57(85)83-32-21-25-54(83)63(97-15)47(10)64(87)77-53(37-48-22-18-17-19-23-48)65(88)74-39-49-26-28-51(29-27-49)75-66(89)52(24-20-31-73-71(72)95)76-67(90)59(42(2)3)78-56(84)40-98-34-35-99-41-58(86)82-33-30-50(70(93)94)36-46(82)9/h17-19,22-23,26-29,42-47,50,52-55,59-63H,16,20-21,24-25,30-41H2,1-15H3,(H,74,88)(H,75,89)(H,76,90)(H,77,87)(H,78,84)(H,79,91)(H,93,94)(H3,72,73,95)/t45-,46?,47+,50?,52-,53-,54-,55+,59-,60-,61-,62-,63+/m0/s1. The third-order valence-corrected chi connectivity index (χ3v) is 18.8. The summed E-state index contributed by atoms with van der Waals surface area (Å²) in [5.41, 5.74) is 7.05. The average molecular weight is 1390 g/mol. The lowest BCUT2D eigenvalue weighted by atomic mass is 9.89. The predicted octanol–water partition coefficient (Wildman–Crippen LogP) is 3.44. The highest BCUT2D eigenvalue weighted by Crippen LogP contribution is 2.31. The lowest BCUT2D eigenvalue weighted by Crippen LogP contribution is -2.59. The molecule has 2 aliphatic rings. The monoisotopic (exact) mass is 1390 g/mol. The fraction of sp³-hybridized carbons (Fsp3) is 0.676. The van der Waals surface area contributed by atoms with E-state index in [2.05, 4.69) is 37.2 Å². The Labute approximate surface area is 584 Å². The molecule has 0 bridgehead atoms. The molecule has 0 saturated carbocycles. The summed E-state index contributed by atoms with van der Waals surface area (Å²) < 4.78 is 23.1. The van der Waals surface area contributed by atoms with Gasteiger partial charge in [-0.05, 0) is 106 Å². The third kappa shape index (κ3) is 26.0. The van der Waals surface area contributed by atoms with Crippen molar-refractivity contribution in [2.75, 3.05) is 86.7 Å². The van der Waals surface area contributed by atoms with Gasteiger partial charge in [0.2, 0.25) is 53.2 Å². The number of primary amides is 1. The second-order valence-corrected chi connectivity index (χ2v) is 27.5. The van der Waals surface area contributed by atoms with Gasteiger partial charge in [0.25, 0.3) is 0 Å². The van der Waals surface area contributed by atoms with Gasteiger partial charge in [-0.15, -0.1) is 0 Å². The van der Waals surface area contributed by atoms with E-state index in [4.69, 9.17) is 24.7 Å². The topological polar surface area (TPSA) is 368 Å². The SMILES string of the molecule is CC[C@H](C)[C@@H]([C@@H](CC(=O)N1CCC[C@H]1[C@H](OC)[C@@H](C)C(=O)N[C@@H](Cc1ccccc1)C(=O)NCc1ccc(NC(=O)[C@H](CCCNC(N)=O)NC(=O)[C@@H](NC(=O)COCCOCC(=O)N2CCC(C(=O)O)CC2C)C(C)C)cc1)OC)N(C)C(=O)[C@@H](NC(=O)[C@H](C(C)C)N(C)C)C(C)C. The molecular formula is C71H114N12O16. The third-order valence-electron chi connectivity index (χ3n) is 18.8. The lowest BCUT2D eigenvalue weighted by Gasteiger charge is -2.41. The number of aliphatic carboxylic acids is 1. The lowest BCUT2D eigenvalue weighted by molar-refractivity contribution is -0.149. The van der Waals surface area contributed by atoms with E-state index in [1.165, 1.54) is 14.2 Å². The Bertz CT molecular complexity index is 2950. The van der Waals surface area contributed by atoms with E-state index in [-0.39, 0.29) is 106 Å². The summed E-state index contributed by atoms with van der Waals surface area (Å²) in [5.74, 6) is -6.89. The van der Waals surface area contributed by atoms with Crippen molar-refractivity contribution in [3.63, 3.8) is 0 Å². The number of methoxy groups -OCH3 is 2. The largest absolute Gasteiger partial charge is 0.481 e. The summed E-state index contributed by atoms with van der Waals surface area (Å²) >= 11 is 0. The molecule has 28 nitrogen and oxygen atoms in total. The molecule has 10 N–H and O–H groups in total. The van der Waals surface area contributed by atoms with Gasteiger partial charge in [-0.3, -0.25) is 52.8 Å². The van der Waals surface area contributed by atoms with Crippen LogP contribution in [0.5, 0.6) is 0 Å². The van der Waals surface area contributed by atoms with Gasteiger partial charge in [0.1, 0.15) is 37.4 Å². The number of likely N-dealkylation sites (tertiary alicyclic amines) is 2. The van der Waals surface area contributed by atoms with Gasteiger partial charge >= 0.3 is 12.0 Å². The van der Waals surface area contributed by atoms with Gasteiger partial charge in [0.15, 0.2) is 0 Å². The summed E-state index contributed by atoms with van der Waals surface area (Å²) in [6.45, 7) is 18.7. The molecule has 0 aromatic heterocycles. The highest BCUT2D eigenvalue weighted by atomic mass is 16.5. The molecule has 554 valence electrons. The van der Waals surface area contributed by atoms with Crippen LogP contribution in [0.15, 0.2) is 54.6 Å². The van der Waals surface area contributed by atoms with Crippen LogP contribution in [0.25, 0.3) is 0 Å². The first-order valence-corrected chi connectivity index (χ1v) is 34.8. The molecule has 0 spiro atoms. The second-order valence-electron chi connectivity index (χ2n) is 27.5. The number of nitrogens with zero attached hydrogens (tertiary/aromatic N) is 4. The first kappa shape index (κ1) is 83.6. The van der Waals surface area contributed by atoms with Crippen molar-refractivity contribution < 1.29 is 76.8 Å². The number of carbonyl (C=O) groups excluding carboxylic acids is 10. The molecule has 28 heteroatoms. The molecule has 0 radical (unpaired) electrons. The number of nitrogens with two attached hydrogens (primary N) is 1. The average Bonchev–Trinajstić information content (AvgIpc) is 1.80. The first-order chi connectivity index (χ1) is 46.8. The highest BCUT2D eigenvalue weighted by Gasteiger charge is 2.44. The summed E-state index contributed by atoms with van der Waals surface area (Å²) in [6, 6.07) is 9.19. The molecule has 2 aromatic rings. The Kier molecular flexibility index (Phi) is 35.2. The van der Waals surface area contributed by atoms with E-state index in [1.54, 1.807) is 73.7 Å². The Balaban J connectivity index is 1.39. The zero-order valence-electron chi connectivity index (χ0n) is 60.9. The molecule has 0 aliphatic carbocycles. The zero-order chi connectivity index (χ0) is 73.8. The van der Waals surface area contributed by atoms with Crippen LogP contribution in [0, 0.1) is 35.5 Å². The normalized spacial score (nSPS) is 18.6. The summed E-state index contributed by atoms with van der Waals surface area (Å²) in [6.07, 6.45) is 1.44. The van der Waals surface area contributed by atoms with E-state index < -0.39 is 120 Å². The number of benzene rings is 2. The van der Waals surface area contributed by atoms with Gasteiger partial charge in [0.05, 0.1) is 61.8 Å². The molecule has 4 rings (SSSR count). The van der Waals surface area contributed by atoms with Crippen LogP contribution in [-0.2, 0) is 79.9 Å². The Hall–Kier alpha value is -7.79. The maximum atomic E-state index is 14.6. The number of nitrogens with one attached hydrogen (secondary N) is 7. The fourth-order valence-corrected chi connectivity index (χ4v) is 13.1. The van der Waals surface area contributed by atoms with Crippen molar-refractivity contribution in [1.29, 1.82) is 0 Å². The van der Waals surface area contributed by atoms with E-state index in [1.807, 2.05) is 90.9 Å². The minimum Gasteiger partial charge on any atom is -0.481 e. The van der Waals surface area contributed by atoms with E-state index in [0.717, 1.165) is 5.56 Å². The van der Waals surface area contributed by atoms with E-state index in [9.17, 15) is 57.8 Å². The molecule has 2 heterocycles. The Morgan fingerprint density at radius 1 is 0.667 bits per heavy atom. The molecule has 2 aliphatic heterocycles. The van der Waals surface area contributed by atoms with Crippen molar-refractivity contribution >= 4 is 70.9 Å². The molecule has 99 heavy (non-hydrogen) atoms. The zero-order valence-corrected chi connectivity index (χ0v) is 60.9. The fourth-order valence-electron chi connectivity index (χ4n) is 13.1. The van der Waals surface area contributed by atoms with Gasteiger partial charge in [0, 0.05) is 65.6 Å². The number of carbonyl (C=O) groups is 11. The van der Waals surface area contributed by atoms with Gasteiger partial charge in [-0.1, -0.05) is 111 Å². The number of carboxylic acids is 1. The second kappa shape index (κ2) is 41.7. The molecule has 13 atom stereocenters. The number of hydrogen-bond donors (Lipinski definition) is 9. The number of rotatable bonds is 41. The maximum absolute atomic E-state index is 14.6. The van der Waals surface area contributed by atoms with Crippen LogP contribution in [0.4, 0.5) is 10.5 Å². The molecular weight excluding hydrogens is 1280 g/mol. The molecule has 11 amide bonds. The Morgan fingerprint density at radius 3 is 1.87 bits per heavy atom. The number of urea groups is 1. The van der Waals surface area contributed by atoms with Gasteiger partial charge in [-0.2, -0.15) is 0 Å². The van der Waals surface area contributed by atoms with Crippen molar-refractivity contribution in [2.45, 2.75) is 194 Å². The van der Waals surface area contributed by atoms with Crippen molar-refractivity contribution in [3.05, 3.63) is 65.7 Å². The van der Waals surface area contributed by atoms with Crippen LogP contribution >= 0.6 is 0 Å². The number of amides is 11. The van der Waals surface area contributed by atoms with E-state index >= 15 is 0 Å². The summed E-state index contributed by atoms with van der Waals surface area (Å²) in [7, 11) is 8.38. The van der Waals surface area contributed by atoms with Crippen molar-refractivity contribution in [3.8, 4) is 0 Å². The van der Waals surface area contributed by atoms with Gasteiger partial charge in [-0.25, -0.2) is 4.79 Å². The minimum absolute atomic E-state index is 0.00962. The number of likely N-dealkylation sites (N-methyl/N-ethyl adjacent to an activating group) is 2. The number of hydrogen-bond acceptors (Lipinski definition) is 16. The Morgan fingerprint density at radius 2 is 1.30 bits per heavy atom. The molecule has 2 saturated heterocycles. The highest BCUT2D eigenvalue weighted by molar-refractivity contribution is 5.98. The maximum Gasteiger partial charge on any atom is 0.312 e. The summed E-state index contributed by atoms with van der Waals surface area (Å²) in [4.78, 5) is 155. The minimum atomic E-state index is -1.14. The van der Waals surface area contributed by atoms with Crippen LogP contribution in [0.3, 0.4) is 0 Å². The van der Waals surface area contributed by atoms with Crippen LogP contribution < -0.4 is 43.0 Å². The first-order valence-electron chi connectivity index (χ1n) is 34.8. The molecule has 2 unspecified atom stereocenters. The number of piperidine rings is 1. The number of ether oxygens (including phenoxy) is 4. The molecule has 2 aromatic carbocycles. The smallest absolute Gasteiger partial charge is 0.312 e. The quantitative estimate of drug-likeness (QED) is 0.0431.